The van der Waals surface area contributed by atoms with Crippen molar-refractivity contribution in [2.45, 2.75) is 64.3 Å². The van der Waals surface area contributed by atoms with Crippen LogP contribution < -0.4 is 0 Å². The Hall–Kier alpha value is -1.06. The molecule has 4 nitrogen and oxygen atoms in total. The quantitative estimate of drug-likeness (QED) is 0.865. The number of hydrogen-bond donors (Lipinski definition) is 1. The van der Waals surface area contributed by atoms with E-state index in [1.807, 2.05) is 11.9 Å². The van der Waals surface area contributed by atoms with E-state index >= 15 is 0 Å². The van der Waals surface area contributed by atoms with Crippen molar-refractivity contribution >= 4 is 11.9 Å². The Balaban J connectivity index is 2.06. The van der Waals surface area contributed by atoms with Crippen LogP contribution in [0.15, 0.2) is 0 Å². The predicted octanol–water partition coefficient (Wildman–Crippen LogP) is 2.91. The zero-order valence-corrected chi connectivity index (χ0v) is 12.7. The Morgan fingerprint density at radius 3 is 2.10 bits per heavy atom. The van der Waals surface area contributed by atoms with E-state index in [9.17, 15) is 14.7 Å². The lowest BCUT2D eigenvalue weighted by molar-refractivity contribution is -0.153. The number of rotatable bonds is 3. The van der Waals surface area contributed by atoms with Crippen LogP contribution in [-0.4, -0.2) is 35.0 Å². The summed E-state index contributed by atoms with van der Waals surface area (Å²) in [6.07, 6.45) is 7.98. The molecule has 0 aromatic rings. The topological polar surface area (TPSA) is 57.6 Å². The third-order valence-electron chi connectivity index (χ3n) is 5.31. The molecule has 2 rings (SSSR count). The number of aliphatic carboxylic acids is 1. The smallest absolute Gasteiger partial charge is 0.307 e. The SMILES string of the molecule is CC1CCCCC1N(C)C(=O)[C@@H]1CCCC[C@@H]1C(=O)O. The van der Waals surface area contributed by atoms with Gasteiger partial charge in [-0.3, -0.25) is 9.59 Å². The second-order valence-electron chi connectivity index (χ2n) is 6.61. The minimum atomic E-state index is -0.798. The van der Waals surface area contributed by atoms with E-state index in [2.05, 4.69) is 6.92 Å². The summed E-state index contributed by atoms with van der Waals surface area (Å²) in [6, 6.07) is 0.299. The molecule has 0 bridgehead atoms. The van der Waals surface area contributed by atoms with Crippen molar-refractivity contribution in [3.05, 3.63) is 0 Å². The summed E-state index contributed by atoms with van der Waals surface area (Å²) in [5.41, 5.74) is 0. The highest BCUT2D eigenvalue weighted by atomic mass is 16.4. The number of hydrogen-bond acceptors (Lipinski definition) is 2. The minimum Gasteiger partial charge on any atom is -0.481 e. The van der Waals surface area contributed by atoms with Crippen LogP contribution in [0, 0.1) is 17.8 Å². The van der Waals surface area contributed by atoms with Crippen LogP contribution in [0.1, 0.15) is 58.3 Å². The Bertz CT molecular complexity index is 369. The summed E-state index contributed by atoms with van der Waals surface area (Å²) in [4.78, 5) is 26.0. The predicted molar refractivity (Wildman–Crippen MR) is 77.3 cm³/mol. The molecule has 0 aromatic heterocycles. The zero-order chi connectivity index (χ0) is 14.7. The maximum atomic E-state index is 12.7. The van der Waals surface area contributed by atoms with Crippen molar-refractivity contribution in [2.24, 2.45) is 17.8 Å². The monoisotopic (exact) mass is 281 g/mol. The highest BCUT2D eigenvalue weighted by Gasteiger charge is 2.39. The lowest BCUT2D eigenvalue weighted by Gasteiger charge is -2.39. The number of carboxylic acid groups (broad SMARTS) is 1. The van der Waals surface area contributed by atoms with Crippen LogP contribution >= 0.6 is 0 Å². The Labute approximate surface area is 121 Å². The first-order valence-corrected chi connectivity index (χ1v) is 8.02. The van der Waals surface area contributed by atoms with Gasteiger partial charge in [-0.15, -0.1) is 0 Å². The average Bonchev–Trinajstić information content (AvgIpc) is 2.46. The third-order valence-corrected chi connectivity index (χ3v) is 5.31. The molecule has 20 heavy (non-hydrogen) atoms. The second-order valence-corrected chi connectivity index (χ2v) is 6.61. The van der Waals surface area contributed by atoms with Crippen molar-refractivity contribution in [3.63, 3.8) is 0 Å². The molecule has 4 atom stereocenters. The van der Waals surface area contributed by atoms with Gasteiger partial charge in [-0.05, 0) is 31.6 Å². The third kappa shape index (κ3) is 3.15. The van der Waals surface area contributed by atoms with E-state index in [1.54, 1.807) is 0 Å². The summed E-state index contributed by atoms with van der Waals surface area (Å²) in [5, 5.41) is 9.33. The number of nitrogens with zero attached hydrogens (tertiary/aromatic N) is 1. The molecular formula is C16H27NO3. The summed E-state index contributed by atoms with van der Waals surface area (Å²) in [7, 11) is 1.88. The molecule has 0 radical (unpaired) electrons. The maximum Gasteiger partial charge on any atom is 0.307 e. The summed E-state index contributed by atoms with van der Waals surface area (Å²) < 4.78 is 0. The normalized spacial score (nSPS) is 34.5. The van der Waals surface area contributed by atoms with Gasteiger partial charge in [-0.1, -0.05) is 32.6 Å². The van der Waals surface area contributed by atoms with Crippen molar-refractivity contribution < 1.29 is 14.7 Å². The van der Waals surface area contributed by atoms with Gasteiger partial charge in [0.1, 0.15) is 0 Å². The first kappa shape index (κ1) is 15.3. The highest BCUT2D eigenvalue weighted by Crippen LogP contribution is 2.34. The van der Waals surface area contributed by atoms with Crippen molar-refractivity contribution in [2.75, 3.05) is 7.05 Å². The fourth-order valence-corrected chi connectivity index (χ4v) is 4.02. The first-order valence-electron chi connectivity index (χ1n) is 8.02. The van der Waals surface area contributed by atoms with Crippen LogP contribution in [0.5, 0.6) is 0 Å². The molecule has 2 fully saturated rings. The highest BCUT2D eigenvalue weighted by molar-refractivity contribution is 5.85. The van der Waals surface area contributed by atoms with Gasteiger partial charge in [-0.25, -0.2) is 0 Å². The second kappa shape index (κ2) is 6.59. The number of carbonyl (C=O) groups is 2. The lowest BCUT2D eigenvalue weighted by atomic mass is 9.77. The molecule has 2 saturated carbocycles. The standard InChI is InChI=1S/C16H27NO3/c1-11-7-3-6-10-14(11)17(2)15(18)12-8-4-5-9-13(12)16(19)20/h11-14H,3-10H2,1-2H3,(H,19,20)/t11?,12-,13+,14?/m1/s1. The fourth-order valence-electron chi connectivity index (χ4n) is 4.02. The number of carboxylic acids is 1. The maximum absolute atomic E-state index is 12.7. The van der Waals surface area contributed by atoms with Crippen molar-refractivity contribution in [3.8, 4) is 0 Å². The van der Waals surface area contributed by atoms with Gasteiger partial charge >= 0.3 is 5.97 Å². The minimum absolute atomic E-state index is 0.0656. The molecule has 0 aliphatic heterocycles. The zero-order valence-electron chi connectivity index (χ0n) is 12.7. The fraction of sp³-hybridized carbons (Fsp3) is 0.875. The van der Waals surface area contributed by atoms with Crippen LogP contribution in [0.25, 0.3) is 0 Å². The van der Waals surface area contributed by atoms with Crippen LogP contribution in [-0.2, 0) is 9.59 Å². The number of amides is 1. The van der Waals surface area contributed by atoms with E-state index in [0.29, 0.717) is 18.4 Å². The van der Waals surface area contributed by atoms with Gasteiger partial charge in [0.25, 0.3) is 0 Å². The van der Waals surface area contributed by atoms with Crippen LogP contribution in [0.3, 0.4) is 0 Å². The Morgan fingerprint density at radius 1 is 0.950 bits per heavy atom. The molecule has 1 amide bonds. The molecule has 4 heteroatoms. The Kier molecular flexibility index (Phi) is 5.06. The molecular weight excluding hydrogens is 254 g/mol. The van der Waals surface area contributed by atoms with Gasteiger partial charge in [0.2, 0.25) is 5.91 Å². The van der Waals surface area contributed by atoms with Crippen LogP contribution in [0.4, 0.5) is 0 Å². The van der Waals surface area contributed by atoms with Gasteiger partial charge in [-0.2, -0.15) is 0 Å². The lowest BCUT2D eigenvalue weighted by Crippen LogP contribution is -2.48. The van der Waals surface area contributed by atoms with Gasteiger partial charge < -0.3 is 10.0 Å². The summed E-state index contributed by atoms with van der Waals surface area (Å²) >= 11 is 0. The molecule has 0 spiro atoms. The van der Waals surface area contributed by atoms with Crippen molar-refractivity contribution in [1.29, 1.82) is 0 Å². The average molecular weight is 281 g/mol. The van der Waals surface area contributed by atoms with Gasteiger partial charge in [0.15, 0.2) is 0 Å². The number of carbonyl (C=O) groups excluding carboxylic acids is 1. The van der Waals surface area contributed by atoms with Gasteiger partial charge in [0, 0.05) is 13.1 Å². The van der Waals surface area contributed by atoms with E-state index in [4.69, 9.17) is 0 Å². The largest absolute Gasteiger partial charge is 0.481 e. The molecule has 114 valence electrons. The molecule has 0 heterocycles. The van der Waals surface area contributed by atoms with Crippen molar-refractivity contribution in [1.82, 2.24) is 4.90 Å². The van der Waals surface area contributed by atoms with E-state index in [1.165, 1.54) is 19.3 Å². The summed E-state index contributed by atoms with van der Waals surface area (Å²) in [6.45, 7) is 2.21. The molecule has 1 N–H and O–H groups in total. The molecule has 2 unspecified atom stereocenters. The summed E-state index contributed by atoms with van der Waals surface area (Å²) in [5.74, 6) is -0.980. The molecule has 2 aliphatic carbocycles. The van der Waals surface area contributed by atoms with E-state index in [-0.39, 0.29) is 11.8 Å². The molecule has 0 saturated heterocycles. The molecule has 0 aromatic carbocycles. The Morgan fingerprint density at radius 2 is 1.50 bits per heavy atom. The van der Waals surface area contributed by atoms with Gasteiger partial charge in [0.05, 0.1) is 11.8 Å². The molecule has 2 aliphatic rings. The van der Waals surface area contributed by atoms with Crippen LogP contribution in [0.2, 0.25) is 0 Å². The van der Waals surface area contributed by atoms with E-state index in [0.717, 1.165) is 25.7 Å². The van der Waals surface area contributed by atoms with E-state index < -0.39 is 11.9 Å². The first-order chi connectivity index (χ1) is 9.52.